The number of amides is 2. The van der Waals surface area contributed by atoms with Crippen LogP contribution >= 0.6 is 0 Å². The number of aryl methyl sites for hydroxylation is 2. The molecule has 4 N–H and O–H groups in total. The van der Waals surface area contributed by atoms with E-state index in [0.717, 1.165) is 12.1 Å². The zero-order valence-corrected chi connectivity index (χ0v) is 27.3. The van der Waals surface area contributed by atoms with Crippen LogP contribution < -0.4 is 20.7 Å². The molecule has 262 valence electrons. The zero-order valence-electron chi connectivity index (χ0n) is 26.5. The van der Waals surface area contributed by atoms with Gasteiger partial charge in [0.25, 0.3) is 5.91 Å². The zero-order chi connectivity index (χ0) is 35.1. The Kier molecular flexibility index (Phi) is 11.8. The number of carboxylic acids is 1. The molecule has 0 radical (unpaired) electrons. The number of sulfonamides is 1. The van der Waals surface area contributed by atoms with E-state index in [2.05, 4.69) is 20.9 Å². The fourth-order valence-electron chi connectivity index (χ4n) is 5.39. The standard InChI is InChI=1S/C31H38F3N5O8S/c1-20-15-22(28(41)42)4-3-21(20)5-14-48(44,45)39-9-6-30(7-10-39)29(43)37-27(38-30)23-16-24(31(32,33)34)18-25(17-23)47-13-12-46-11-8-36-26(40)19-35-2/h3-4,15-18,35H,5-14,19H2,1-2H3,(H,36,40)(H,41,42)(H,37,38,43). The molecule has 0 bridgehead atoms. The number of aromatic carboxylic acids is 1. The average molecular weight is 698 g/mol. The number of ether oxygens (including phenoxy) is 2. The third-order valence-corrected chi connectivity index (χ3v) is 9.92. The van der Waals surface area contributed by atoms with Gasteiger partial charge in [0.1, 0.15) is 23.7 Å². The molecule has 13 nitrogen and oxygen atoms in total. The van der Waals surface area contributed by atoms with E-state index in [0.29, 0.717) is 11.1 Å². The van der Waals surface area contributed by atoms with E-state index in [-0.39, 0.29) is 99.6 Å². The van der Waals surface area contributed by atoms with Gasteiger partial charge in [-0.05, 0) is 74.7 Å². The Bertz CT molecular complexity index is 1660. The van der Waals surface area contributed by atoms with E-state index in [1.54, 1.807) is 20.0 Å². The molecule has 1 spiro atoms. The predicted octanol–water partition coefficient (Wildman–Crippen LogP) is 1.73. The molecule has 1 fully saturated rings. The first-order chi connectivity index (χ1) is 22.6. The number of nitrogens with one attached hydrogen (secondary N) is 3. The van der Waals surface area contributed by atoms with Crippen LogP contribution in [-0.4, -0.2) is 106 Å². The molecule has 2 heterocycles. The van der Waals surface area contributed by atoms with E-state index >= 15 is 0 Å². The van der Waals surface area contributed by atoms with Gasteiger partial charge in [0, 0.05) is 25.2 Å². The first kappa shape index (κ1) is 36.8. The Balaban J connectivity index is 1.38. The molecule has 1 saturated heterocycles. The number of nitrogens with zero attached hydrogens (tertiary/aromatic N) is 2. The lowest BCUT2D eigenvalue weighted by Crippen LogP contribution is -2.50. The minimum absolute atomic E-state index is 0.0143. The highest BCUT2D eigenvalue weighted by atomic mass is 32.2. The van der Waals surface area contributed by atoms with E-state index in [1.807, 2.05) is 0 Å². The molecule has 17 heteroatoms. The van der Waals surface area contributed by atoms with Crippen molar-refractivity contribution in [1.29, 1.82) is 0 Å². The van der Waals surface area contributed by atoms with Crippen molar-refractivity contribution in [3.63, 3.8) is 0 Å². The van der Waals surface area contributed by atoms with Gasteiger partial charge < -0.3 is 30.5 Å². The number of aliphatic imine (C=N–C) groups is 1. The summed E-state index contributed by atoms with van der Waals surface area (Å²) in [4.78, 5) is 40.2. The summed E-state index contributed by atoms with van der Waals surface area (Å²) in [6, 6.07) is 7.52. The number of carbonyl (C=O) groups is 3. The Morgan fingerprint density at radius 1 is 1.10 bits per heavy atom. The Hall–Kier alpha value is -4.06. The average Bonchev–Trinajstić information content (AvgIpc) is 3.34. The number of hydrogen-bond acceptors (Lipinski definition) is 9. The van der Waals surface area contributed by atoms with Gasteiger partial charge in [0.05, 0.1) is 36.6 Å². The van der Waals surface area contributed by atoms with Crippen LogP contribution in [0.5, 0.6) is 5.75 Å². The minimum Gasteiger partial charge on any atom is -0.491 e. The molecule has 4 rings (SSSR count). The first-order valence-electron chi connectivity index (χ1n) is 15.2. The summed E-state index contributed by atoms with van der Waals surface area (Å²) in [5.41, 5.74) is -0.895. The van der Waals surface area contributed by atoms with E-state index < -0.39 is 39.2 Å². The summed E-state index contributed by atoms with van der Waals surface area (Å²) in [6.07, 6.45) is -4.49. The van der Waals surface area contributed by atoms with Crippen molar-refractivity contribution in [2.45, 2.75) is 37.9 Å². The number of amidine groups is 1. The lowest BCUT2D eigenvalue weighted by molar-refractivity contribution is -0.137. The second-order valence-electron chi connectivity index (χ2n) is 11.4. The van der Waals surface area contributed by atoms with E-state index in [4.69, 9.17) is 14.6 Å². The molecule has 2 aliphatic rings. The molecule has 0 saturated carbocycles. The van der Waals surface area contributed by atoms with E-state index in [1.165, 1.54) is 22.5 Å². The lowest BCUT2D eigenvalue weighted by Gasteiger charge is -2.34. The quantitative estimate of drug-likeness (QED) is 0.202. The molecular weight excluding hydrogens is 659 g/mol. The Morgan fingerprint density at radius 3 is 2.48 bits per heavy atom. The van der Waals surface area contributed by atoms with Crippen LogP contribution in [0, 0.1) is 6.92 Å². The van der Waals surface area contributed by atoms with Crippen molar-refractivity contribution in [3.05, 3.63) is 64.2 Å². The van der Waals surface area contributed by atoms with Crippen LogP contribution in [0.2, 0.25) is 0 Å². The molecule has 48 heavy (non-hydrogen) atoms. The van der Waals surface area contributed by atoms with Crippen LogP contribution in [0.15, 0.2) is 41.4 Å². The summed E-state index contributed by atoms with van der Waals surface area (Å²) in [5, 5.41) is 17.1. The van der Waals surface area contributed by atoms with Gasteiger partial charge in [0.2, 0.25) is 15.9 Å². The Morgan fingerprint density at radius 2 is 1.83 bits per heavy atom. The van der Waals surface area contributed by atoms with Crippen molar-refractivity contribution >= 4 is 33.6 Å². The normalized spacial score (nSPS) is 16.4. The molecule has 2 amide bonds. The van der Waals surface area contributed by atoms with Crippen molar-refractivity contribution in [1.82, 2.24) is 20.3 Å². The number of piperidine rings is 1. The highest BCUT2D eigenvalue weighted by molar-refractivity contribution is 7.89. The number of rotatable bonds is 15. The molecule has 2 aromatic rings. The summed E-state index contributed by atoms with van der Waals surface area (Å²) in [7, 11) is -2.11. The number of hydrogen-bond donors (Lipinski definition) is 4. The van der Waals surface area contributed by atoms with Gasteiger partial charge in [-0.3, -0.25) is 14.6 Å². The van der Waals surface area contributed by atoms with Crippen molar-refractivity contribution in [2.24, 2.45) is 4.99 Å². The maximum Gasteiger partial charge on any atom is 0.416 e. The highest BCUT2D eigenvalue weighted by Crippen LogP contribution is 2.36. The van der Waals surface area contributed by atoms with Crippen molar-refractivity contribution in [3.8, 4) is 5.75 Å². The summed E-state index contributed by atoms with van der Waals surface area (Å²) in [6.45, 7) is 2.24. The van der Waals surface area contributed by atoms with Gasteiger partial charge in [-0.1, -0.05) is 6.07 Å². The fraction of sp³-hybridized carbons (Fsp3) is 0.484. The third-order valence-electron chi connectivity index (χ3n) is 8.05. The van der Waals surface area contributed by atoms with Crippen LogP contribution in [0.3, 0.4) is 0 Å². The van der Waals surface area contributed by atoms with Crippen LogP contribution in [0.4, 0.5) is 13.2 Å². The van der Waals surface area contributed by atoms with Gasteiger partial charge in [-0.2, -0.15) is 13.2 Å². The highest BCUT2D eigenvalue weighted by Gasteiger charge is 2.47. The van der Waals surface area contributed by atoms with Crippen LogP contribution in [0.1, 0.15) is 45.5 Å². The molecule has 0 unspecified atom stereocenters. The van der Waals surface area contributed by atoms with Crippen molar-refractivity contribution < 1.29 is 50.6 Å². The number of alkyl halides is 3. The smallest absolute Gasteiger partial charge is 0.416 e. The van der Waals surface area contributed by atoms with Gasteiger partial charge >= 0.3 is 12.1 Å². The molecule has 2 aliphatic heterocycles. The van der Waals surface area contributed by atoms with Crippen LogP contribution in [0.25, 0.3) is 0 Å². The third kappa shape index (κ3) is 9.30. The number of carboxylic acid groups (broad SMARTS) is 1. The predicted molar refractivity (Wildman–Crippen MR) is 169 cm³/mol. The Labute approximate surface area is 275 Å². The number of halogens is 3. The molecule has 0 atom stereocenters. The van der Waals surface area contributed by atoms with Gasteiger partial charge in [-0.15, -0.1) is 0 Å². The van der Waals surface area contributed by atoms with E-state index in [9.17, 15) is 36.0 Å². The van der Waals surface area contributed by atoms with Gasteiger partial charge in [0.15, 0.2) is 0 Å². The summed E-state index contributed by atoms with van der Waals surface area (Å²) in [5.74, 6) is -2.22. The molecule has 2 aromatic carbocycles. The second-order valence-corrected chi connectivity index (χ2v) is 13.5. The number of benzene rings is 2. The van der Waals surface area contributed by atoms with Crippen LogP contribution in [-0.2, 0) is 36.9 Å². The molecule has 0 aromatic heterocycles. The van der Waals surface area contributed by atoms with Gasteiger partial charge in [-0.25, -0.2) is 17.5 Å². The number of likely N-dealkylation sites (N-methyl/N-ethyl adjacent to an activating group) is 1. The second kappa shape index (κ2) is 15.4. The maximum atomic E-state index is 13.8. The first-order valence-corrected chi connectivity index (χ1v) is 16.8. The maximum absolute atomic E-state index is 13.8. The SMILES string of the molecule is CNCC(=O)NCCOCCOc1cc(C2=NC3(CCN(S(=O)(=O)CCc4ccc(C(=O)O)cc4C)CC3)C(=O)N2)cc(C(F)(F)F)c1. The molecular formula is C31H38F3N5O8S. The fourth-order valence-corrected chi connectivity index (χ4v) is 6.87. The monoisotopic (exact) mass is 697 g/mol. The van der Waals surface area contributed by atoms with Crippen molar-refractivity contribution in [2.75, 3.05) is 58.8 Å². The topological polar surface area (TPSA) is 176 Å². The summed E-state index contributed by atoms with van der Waals surface area (Å²) >= 11 is 0. The largest absolute Gasteiger partial charge is 0.491 e. The lowest BCUT2D eigenvalue weighted by atomic mass is 9.89. The molecule has 0 aliphatic carbocycles. The number of carbonyl (C=O) groups excluding carboxylic acids is 2. The summed E-state index contributed by atoms with van der Waals surface area (Å²) < 4.78 is 79.7. The minimum atomic E-state index is -4.71.